The van der Waals surface area contributed by atoms with Gasteiger partial charge >= 0.3 is 0 Å². The minimum Gasteiger partial charge on any atom is -0.493 e. The Morgan fingerprint density at radius 3 is 2.66 bits per heavy atom. The maximum Gasteiger partial charge on any atom is 0.248 e. The van der Waals surface area contributed by atoms with Gasteiger partial charge in [0.25, 0.3) is 0 Å². The van der Waals surface area contributed by atoms with Crippen LogP contribution < -0.4 is 24.3 Å². The highest BCUT2D eigenvalue weighted by Crippen LogP contribution is 2.33. The number of amides is 1. The molecule has 1 aliphatic carbocycles. The molecule has 2 aromatic carbocycles. The fraction of sp³-hybridized carbons (Fsp3) is 0.464. The van der Waals surface area contributed by atoms with Crippen molar-refractivity contribution in [3.8, 4) is 23.0 Å². The van der Waals surface area contributed by atoms with Gasteiger partial charge in [-0.3, -0.25) is 9.69 Å². The molecule has 1 fully saturated rings. The van der Waals surface area contributed by atoms with E-state index in [9.17, 15) is 4.79 Å². The fourth-order valence-corrected chi connectivity index (χ4v) is 4.78. The Morgan fingerprint density at radius 2 is 1.89 bits per heavy atom. The zero-order chi connectivity index (χ0) is 24.6. The number of benzene rings is 2. The molecule has 4 rings (SSSR count). The third-order valence-corrected chi connectivity index (χ3v) is 6.57. The predicted molar refractivity (Wildman–Crippen MR) is 137 cm³/mol. The lowest BCUT2D eigenvalue weighted by atomic mass is 9.93. The van der Waals surface area contributed by atoms with Crippen molar-refractivity contribution in [2.75, 3.05) is 32.4 Å². The molecule has 0 saturated heterocycles. The molecule has 7 heteroatoms. The topological polar surface area (TPSA) is 69.3 Å². The summed E-state index contributed by atoms with van der Waals surface area (Å²) in [7, 11) is 1.62. The highest BCUT2D eigenvalue weighted by atomic mass is 16.7. The largest absolute Gasteiger partial charge is 0.493 e. The highest BCUT2D eigenvalue weighted by Gasteiger charge is 2.23. The van der Waals surface area contributed by atoms with Crippen LogP contribution in [-0.2, 0) is 4.79 Å². The van der Waals surface area contributed by atoms with Gasteiger partial charge in [0.15, 0.2) is 23.0 Å². The predicted octanol–water partition coefficient (Wildman–Crippen LogP) is 5.50. The summed E-state index contributed by atoms with van der Waals surface area (Å²) < 4.78 is 22.3. The molecular formula is C28H36N2O5. The van der Waals surface area contributed by atoms with Gasteiger partial charge in [-0.05, 0) is 62.6 Å². The number of nitrogens with one attached hydrogen (secondary N) is 1. The fourth-order valence-electron chi connectivity index (χ4n) is 4.78. The number of fused-ring (bicyclic) bond motifs is 1. The van der Waals surface area contributed by atoms with Gasteiger partial charge in [-0.2, -0.15) is 0 Å². The number of carbonyl (C=O) groups is 1. The van der Waals surface area contributed by atoms with Crippen LogP contribution in [0.1, 0.15) is 51.5 Å². The van der Waals surface area contributed by atoms with Crippen LogP contribution in [0.3, 0.4) is 0 Å². The van der Waals surface area contributed by atoms with Crippen LogP contribution in [0.5, 0.6) is 23.0 Å². The number of hydrogen-bond acceptors (Lipinski definition) is 6. The van der Waals surface area contributed by atoms with Gasteiger partial charge in [0.05, 0.1) is 7.11 Å². The monoisotopic (exact) mass is 480 g/mol. The Kier molecular flexibility index (Phi) is 8.53. The maximum atomic E-state index is 12.5. The van der Waals surface area contributed by atoms with Gasteiger partial charge in [-0.25, -0.2) is 0 Å². The number of ether oxygens (including phenoxy) is 4. The van der Waals surface area contributed by atoms with Crippen molar-refractivity contribution in [2.24, 2.45) is 0 Å². The smallest absolute Gasteiger partial charge is 0.248 e. The van der Waals surface area contributed by atoms with Gasteiger partial charge < -0.3 is 24.3 Å². The van der Waals surface area contributed by atoms with Crippen LogP contribution in [-0.4, -0.2) is 49.9 Å². The molecule has 1 N–H and O–H groups in total. The van der Waals surface area contributed by atoms with Crippen molar-refractivity contribution < 1.29 is 23.7 Å². The number of carbonyl (C=O) groups excluding carboxylic acids is 1. The number of rotatable bonds is 10. The lowest BCUT2D eigenvalue weighted by molar-refractivity contribution is -0.111. The Labute approximate surface area is 208 Å². The van der Waals surface area contributed by atoms with Gasteiger partial charge in [0.1, 0.15) is 6.61 Å². The SMILES string of the molecule is COc1ccc(NC(=O)C=Cc2ccc3c(c2)OCO3)cc1OCCN(C(C)C)C1CCCCC1. The van der Waals surface area contributed by atoms with Crippen molar-refractivity contribution in [3.63, 3.8) is 0 Å². The Bertz CT molecular complexity index is 1030. The summed E-state index contributed by atoms with van der Waals surface area (Å²) in [4.78, 5) is 15.1. The number of nitrogens with zero attached hydrogens (tertiary/aromatic N) is 1. The first-order valence-corrected chi connectivity index (χ1v) is 12.5. The second-order valence-corrected chi connectivity index (χ2v) is 9.27. The molecule has 2 aromatic rings. The van der Waals surface area contributed by atoms with Gasteiger partial charge in [-0.15, -0.1) is 0 Å². The van der Waals surface area contributed by atoms with Crippen molar-refractivity contribution in [1.29, 1.82) is 0 Å². The zero-order valence-electron chi connectivity index (χ0n) is 20.9. The van der Waals surface area contributed by atoms with Crippen LogP contribution in [0.2, 0.25) is 0 Å². The Morgan fingerprint density at radius 1 is 1.09 bits per heavy atom. The molecule has 0 atom stereocenters. The van der Waals surface area contributed by atoms with Crippen LogP contribution >= 0.6 is 0 Å². The molecule has 0 unspecified atom stereocenters. The van der Waals surface area contributed by atoms with E-state index in [2.05, 4.69) is 24.1 Å². The summed E-state index contributed by atoms with van der Waals surface area (Å²) >= 11 is 0. The molecule has 35 heavy (non-hydrogen) atoms. The lowest BCUT2D eigenvalue weighted by Gasteiger charge is -2.37. The van der Waals surface area contributed by atoms with Gasteiger partial charge in [0, 0.05) is 36.5 Å². The van der Waals surface area contributed by atoms with E-state index in [4.69, 9.17) is 18.9 Å². The van der Waals surface area contributed by atoms with Crippen molar-refractivity contribution in [1.82, 2.24) is 4.90 Å². The normalized spacial score (nSPS) is 15.7. The molecule has 7 nitrogen and oxygen atoms in total. The minimum atomic E-state index is -0.234. The van der Waals surface area contributed by atoms with Crippen LogP contribution in [0, 0.1) is 0 Å². The van der Waals surface area contributed by atoms with E-state index in [0.29, 0.717) is 47.4 Å². The van der Waals surface area contributed by atoms with Crippen LogP contribution in [0.4, 0.5) is 5.69 Å². The molecular weight excluding hydrogens is 444 g/mol. The first kappa shape index (κ1) is 24.9. The average molecular weight is 481 g/mol. The standard InChI is InChI=1S/C28H36N2O5/c1-20(2)30(23-7-5-4-6-8-23)15-16-33-27-18-22(11-13-24(27)32-3)29-28(31)14-10-21-9-12-25-26(17-21)35-19-34-25/h9-14,17-18,20,23H,4-8,15-16,19H2,1-3H3,(H,29,31). The maximum absolute atomic E-state index is 12.5. The molecule has 1 amide bonds. The molecule has 0 radical (unpaired) electrons. The summed E-state index contributed by atoms with van der Waals surface area (Å²) in [6.45, 7) is 6.15. The van der Waals surface area contributed by atoms with Crippen molar-refractivity contribution in [3.05, 3.63) is 48.0 Å². The van der Waals surface area contributed by atoms with E-state index in [-0.39, 0.29) is 12.7 Å². The zero-order valence-corrected chi connectivity index (χ0v) is 20.9. The average Bonchev–Trinajstić information content (AvgIpc) is 3.34. The molecule has 1 heterocycles. The molecule has 0 spiro atoms. The summed E-state index contributed by atoms with van der Waals surface area (Å²) in [6.07, 6.45) is 9.74. The van der Waals surface area contributed by atoms with Crippen molar-refractivity contribution in [2.45, 2.75) is 58.0 Å². The molecule has 0 bridgehead atoms. The molecule has 188 valence electrons. The van der Waals surface area contributed by atoms with E-state index < -0.39 is 0 Å². The van der Waals surface area contributed by atoms with E-state index in [0.717, 1.165) is 12.1 Å². The molecule has 1 saturated carbocycles. The number of hydrogen-bond donors (Lipinski definition) is 1. The second kappa shape index (κ2) is 12.0. The molecule has 1 aliphatic heterocycles. The number of anilines is 1. The van der Waals surface area contributed by atoms with E-state index in [1.54, 1.807) is 19.3 Å². The number of methoxy groups -OCH3 is 1. The van der Waals surface area contributed by atoms with E-state index in [1.807, 2.05) is 30.3 Å². The summed E-state index contributed by atoms with van der Waals surface area (Å²) in [6, 6.07) is 12.1. The third-order valence-electron chi connectivity index (χ3n) is 6.57. The minimum absolute atomic E-state index is 0.223. The van der Waals surface area contributed by atoms with Crippen molar-refractivity contribution >= 4 is 17.7 Å². The second-order valence-electron chi connectivity index (χ2n) is 9.27. The highest BCUT2D eigenvalue weighted by molar-refractivity contribution is 6.02. The summed E-state index contributed by atoms with van der Waals surface area (Å²) in [5.74, 6) is 2.43. The summed E-state index contributed by atoms with van der Waals surface area (Å²) in [5, 5.41) is 2.90. The van der Waals surface area contributed by atoms with Crippen LogP contribution in [0.25, 0.3) is 6.08 Å². The summed E-state index contributed by atoms with van der Waals surface area (Å²) in [5.41, 5.74) is 1.50. The molecule has 2 aliphatic rings. The first-order valence-electron chi connectivity index (χ1n) is 12.5. The lowest BCUT2D eigenvalue weighted by Crippen LogP contribution is -2.43. The van der Waals surface area contributed by atoms with Gasteiger partial charge in [0.2, 0.25) is 12.7 Å². The molecule has 0 aromatic heterocycles. The van der Waals surface area contributed by atoms with Gasteiger partial charge in [-0.1, -0.05) is 25.3 Å². The Balaban J connectivity index is 1.34. The van der Waals surface area contributed by atoms with Crippen LogP contribution in [0.15, 0.2) is 42.5 Å². The Hall–Kier alpha value is -3.19. The van der Waals surface area contributed by atoms with E-state index >= 15 is 0 Å². The third kappa shape index (κ3) is 6.69. The first-order chi connectivity index (χ1) is 17.0. The quantitative estimate of drug-likeness (QED) is 0.453. The van der Waals surface area contributed by atoms with E-state index in [1.165, 1.54) is 38.2 Å².